The van der Waals surface area contributed by atoms with Gasteiger partial charge in [0.2, 0.25) is 0 Å². The van der Waals surface area contributed by atoms with Crippen LogP contribution < -0.4 is 0 Å². The summed E-state index contributed by atoms with van der Waals surface area (Å²) in [5.74, 6) is 12.0. The minimum absolute atomic E-state index is 0.915. The topological polar surface area (TPSA) is 40.5 Å². The highest BCUT2D eigenvalue weighted by atomic mass is 16.3. The predicted octanol–water partition coefficient (Wildman–Crippen LogP) is 7.78. The Balaban J connectivity index is 1.48. The zero-order valence-electron chi connectivity index (χ0n) is 25.4. The molecule has 0 saturated carbocycles. The highest BCUT2D eigenvalue weighted by Crippen LogP contribution is 2.43. The molecule has 0 radical (unpaired) electrons. The quantitative estimate of drug-likeness (QED) is 0.140. The van der Waals surface area contributed by atoms with E-state index in [-0.39, 0.29) is 0 Å². The van der Waals surface area contributed by atoms with Gasteiger partial charge in [0.25, 0.3) is 0 Å². The SMILES string of the molecule is O[C@@H](C#CC#C[C@H](O)C(c1ccccc1)(c1ccccc1)c1ccccc1)C(c1ccccc1)(c1ccccc1)c1ccccc1. The van der Waals surface area contributed by atoms with E-state index in [0.29, 0.717) is 0 Å². The maximum atomic E-state index is 12.1. The van der Waals surface area contributed by atoms with Crippen molar-refractivity contribution in [2.45, 2.75) is 23.0 Å². The van der Waals surface area contributed by atoms with Gasteiger partial charge in [0.15, 0.2) is 0 Å². The standard InChI is InChI=1S/C44H34O2/c45-41(43(35-21-7-1-8-22-35,36-23-9-2-10-24-36)37-25-11-3-12-26-37)33-19-20-34-42(46)44(38-27-13-4-14-28-38,39-29-15-5-16-30-39)40-31-17-6-18-32-40/h1-18,21-32,41-42,45-46H/t41-,42-/m0/s1. The van der Waals surface area contributed by atoms with Crippen molar-refractivity contribution in [3.05, 3.63) is 215 Å². The molecule has 0 aliphatic heterocycles. The first kappa shape index (κ1) is 30.4. The molecule has 2 heteroatoms. The van der Waals surface area contributed by atoms with E-state index in [1.807, 2.05) is 182 Å². The lowest BCUT2D eigenvalue weighted by molar-refractivity contribution is 0.176. The third-order valence-electron chi connectivity index (χ3n) is 8.68. The average molecular weight is 595 g/mol. The molecule has 2 atom stereocenters. The summed E-state index contributed by atoms with van der Waals surface area (Å²) >= 11 is 0. The predicted molar refractivity (Wildman–Crippen MR) is 186 cm³/mol. The van der Waals surface area contributed by atoms with Gasteiger partial charge in [-0.05, 0) is 45.2 Å². The van der Waals surface area contributed by atoms with Crippen LogP contribution in [0.2, 0.25) is 0 Å². The van der Waals surface area contributed by atoms with Gasteiger partial charge in [-0.1, -0.05) is 194 Å². The molecule has 2 N–H and O–H groups in total. The van der Waals surface area contributed by atoms with Crippen LogP contribution in [-0.4, -0.2) is 22.4 Å². The summed E-state index contributed by atoms with van der Waals surface area (Å²) in [4.78, 5) is 0. The smallest absolute Gasteiger partial charge is 0.133 e. The van der Waals surface area contributed by atoms with E-state index >= 15 is 0 Å². The Bertz CT molecular complexity index is 1610. The molecular formula is C44H34O2. The number of aliphatic hydroxyl groups is 2. The summed E-state index contributed by atoms with van der Waals surface area (Å²) in [6.07, 6.45) is -2.29. The molecular weight excluding hydrogens is 560 g/mol. The van der Waals surface area contributed by atoms with E-state index in [1.54, 1.807) is 0 Å². The maximum absolute atomic E-state index is 12.1. The second kappa shape index (κ2) is 14.0. The molecule has 222 valence electrons. The van der Waals surface area contributed by atoms with Gasteiger partial charge in [-0.25, -0.2) is 0 Å². The highest BCUT2D eigenvalue weighted by Gasteiger charge is 2.44. The molecule has 46 heavy (non-hydrogen) atoms. The Kier molecular flexibility index (Phi) is 9.24. The molecule has 0 aromatic heterocycles. The van der Waals surface area contributed by atoms with E-state index in [9.17, 15) is 10.2 Å². The Morgan fingerprint density at radius 2 is 0.478 bits per heavy atom. The molecule has 0 saturated heterocycles. The van der Waals surface area contributed by atoms with Crippen LogP contribution in [0.1, 0.15) is 33.4 Å². The summed E-state index contributed by atoms with van der Waals surface area (Å²) in [6.45, 7) is 0. The number of rotatable bonds is 8. The van der Waals surface area contributed by atoms with Crippen molar-refractivity contribution in [1.82, 2.24) is 0 Å². The van der Waals surface area contributed by atoms with Crippen LogP contribution in [0, 0.1) is 23.7 Å². The zero-order chi connectivity index (χ0) is 31.7. The Morgan fingerprint density at radius 1 is 0.304 bits per heavy atom. The molecule has 0 amide bonds. The van der Waals surface area contributed by atoms with E-state index in [2.05, 4.69) is 23.7 Å². The van der Waals surface area contributed by atoms with Crippen molar-refractivity contribution in [2.24, 2.45) is 0 Å². The lowest BCUT2D eigenvalue weighted by Crippen LogP contribution is -2.41. The monoisotopic (exact) mass is 594 g/mol. The van der Waals surface area contributed by atoms with Crippen LogP contribution >= 0.6 is 0 Å². The molecule has 6 rings (SSSR count). The average Bonchev–Trinajstić information content (AvgIpc) is 3.14. The van der Waals surface area contributed by atoms with Crippen molar-refractivity contribution in [3.63, 3.8) is 0 Å². The molecule has 0 aliphatic carbocycles. The largest absolute Gasteiger partial charge is 0.379 e. The highest BCUT2D eigenvalue weighted by molar-refractivity contribution is 5.56. The van der Waals surface area contributed by atoms with Crippen molar-refractivity contribution in [1.29, 1.82) is 0 Å². The second-order valence-corrected chi connectivity index (χ2v) is 11.2. The Morgan fingerprint density at radius 3 is 0.652 bits per heavy atom. The van der Waals surface area contributed by atoms with Crippen molar-refractivity contribution in [2.75, 3.05) is 0 Å². The fourth-order valence-electron chi connectivity index (χ4n) is 6.58. The van der Waals surface area contributed by atoms with Gasteiger partial charge in [0.05, 0.1) is 10.8 Å². The molecule has 0 spiro atoms. The molecule has 0 bridgehead atoms. The minimum Gasteiger partial charge on any atom is -0.379 e. The third kappa shape index (κ3) is 5.65. The van der Waals surface area contributed by atoms with E-state index in [4.69, 9.17) is 0 Å². The Hall–Kier alpha value is -5.64. The first-order valence-corrected chi connectivity index (χ1v) is 15.4. The summed E-state index contributed by atoms with van der Waals surface area (Å²) in [5.41, 5.74) is 3.54. The zero-order valence-corrected chi connectivity index (χ0v) is 25.4. The van der Waals surface area contributed by atoms with Crippen LogP contribution in [0.3, 0.4) is 0 Å². The first-order valence-electron chi connectivity index (χ1n) is 15.4. The lowest BCUT2D eigenvalue weighted by atomic mass is 9.65. The fraction of sp³-hybridized carbons (Fsp3) is 0.0909. The van der Waals surface area contributed by atoms with Crippen molar-refractivity contribution >= 4 is 0 Å². The molecule has 0 unspecified atom stereocenters. The van der Waals surface area contributed by atoms with E-state index in [0.717, 1.165) is 33.4 Å². The Labute approximate surface area is 271 Å². The summed E-state index contributed by atoms with van der Waals surface area (Å²) < 4.78 is 0. The van der Waals surface area contributed by atoms with Gasteiger partial charge in [0.1, 0.15) is 12.2 Å². The normalized spacial score (nSPS) is 12.5. The third-order valence-corrected chi connectivity index (χ3v) is 8.68. The van der Waals surface area contributed by atoms with Gasteiger partial charge < -0.3 is 10.2 Å². The van der Waals surface area contributed by atoms with Gasteiger partial charge in [-0.15, -0.1) is 0 Å². The molecule has 6 aromatic rings. The van der Waals surface area contributed by atoms with Crippen LogP contribution in [0.15, 0.2) is 182 Å². The second-order valence-electron chi connectivity index (χ2n) is 11.2. The van der Waals surface area contributed by atoms with Crippen LogP contribution in [0.25, 0.3) is 0 Å². The summed E-state index contributed by atoms with van der Waals surface area (Å²) in [7, 11) is 0. The number of benzene rings is 6. The number of hydrogen-bond acceptors (Lipinski definition) is 2. The minimum atomic E-state index is -1.15. The molecule has 0 fully saturated rings. The number of hydrogen-bond donors (Lipinski definition) is 2. The van der Waals surface area contributed by atoms with E-state index in [1.165, 1.54) is 0 Å². The van der Waals surface area contributed by atoms with Gasteiger partial charge in [-0.3, -0.25) is 0 Å². The van der Waals surface area contributed by atoms with Gasteiger partial charge >= 0.3 is 0 Å². The molecule has 6 aromatic carbocycles. The van der Waals surface area contributed by atoms with Crippen LogP contribution in [0.5, 0.6) is 0 Å². The maximum Gasteiger partial charge on any atom is 0.133 e. The summed E-state index contributed by atoms with van der Waals surface area (Å²) in [6, 6.07) is 59.8. The van der Waals surface area contributed by atoms with Gasteiger partial charge in [0, 0.05) is 0 Å². The first-order chi connectivity index (χ1) is 22.7. The van der Waals surface area contributed by atoms with E-state index < -0.39 is 23.0 Å². The van der Waals surface area contributed by atoms with Crippen molar-refractivity contribution < 1.29 is 10.2 Å². The number of aliphatic hydroxyl groups excluding tert-OH is 2. The van der Waals surface area contributed by atoms with Crippen LogP contribution in [-0.2, 0) is 10.8 Å². The lowest BCUT2D eigenvalue weighted by Gasteiger charge is -2.38. The molecule has 0 heterocycles. The van der Waals surface area contributed by atoms with Crippen LogP contribution in [0.4, 0.5) is 0 Å². The summed E-state index contributed by atoms with van der Waals surface area (Å²) in [5, 5.41) is 24.2. The molecule has 0 aliphatic rings. The molecule has 2 nitrogen and oxygen atoms in total. The van der Waals surface area contributed by atoms with Crippen molar-refractivity contribution in [3.8, 4) is 23.7 Å². The van der Waals surface area contributed by atoms with Gasteiger partial charge in [-0.2, -0.15) is 0 Å². The fourth-order valence-corrected chi connectivity index (χ4v) is 6.58.